The second-order valence-electron chi connectivity index (χ2n) is 15.8. The molecule has 5 heteroatoms. The topological polar surface area (TPSA) is 35.9 Å². The number of fused-ring (bicyclic) bond motifs is 1. The Bertz CT molecular complexity index is 2070. The third-order valence-electron chi connectivity index (χ3n) is 9.13. The highest BCUT2D eigenvalue weighted by Gasteiger charge is 2.25. The van der Waals surface area contributed by atoms with Crippen molar-refractivity contribution >= 4 is 11.0 Å². The van der Waals surface area contributed by atoms with Crippen molar-refractivity contribution in [3.05, 3.63) is 120 Å². The van der Waals surface area contributed by atoms with E-state index in [-0.39, 0.29) is 10.8 Å². The lowest BCUT2D eigenvalue weighted by Gasteiger charge is -2.25. The normalized spacial score (nSPS) is 12.4. The maximum atomic E-state index is 6.85. The molecule has 2 heterocycles. The van der Waals surface area contributed by atoms with Crippen LogP contribution in [0, 0.1) is 6.33 Å². The van der Waals surface area contributed by atoms with E-state index in [2.05, 4.69) is 159 Å². The summed E-state index contributed by atoms with van der Waals surface area (Å²) < 4.78 is 13.2. The molecule has 248 valence electrons. The Kier molecular flexibility index (Phi) is 8.61. The first kappa shape index (κ1) is 33.3. The Morgan fingerprint density at radius 1 is 0.729 bits per heavy atom. The van der Waals surface area contributed by atoms with Gasteiger partial charge < -0.3 is 13.9 Å². The first-order chi connectivity index (χ1) is 22.6. The Morgan fingerprint density at radius 2 is 1.33 bits per heavy atom. The van der Waals surface area contributed by atoms with E-state index in [0.29, 0.717) is 11.8 Å². The zero-order valence-electron chi connectivity index (χ0n) is 30.5. The highest BCUT2D eigenvalue weighted by molar-refractivity contribution is 5.84. The molecule has 5 nitrogen and oxygen atoms in total. The van der Waals surface area contributed by atoms with Gasteiger partial charge in [-0.05, 0) is 87.4 Å². The fourth-order valence-corrected chi connectivity index (χ4v) is 6.33. The third kappa shape index (κ3) is 6.56. The third-order valence-corrected chi connectivity index (χ3v) is 9.13. The molecule has 6 rings (SSSR count). The molecule has 0 atom stereocenters. The summed E-state index contributed by atoms with van der Waals surface area (Å²) in [5.74, 6) is 3.19. The lowest BCUT2D eigenvalue weighted by Crippen LogP contribution is -2.29. The smallest absolute Gasteiger partial charge is 0.243 e. The van der Waals surface area contributed by atoms with Crippen molar-refractivity contribution in [2.75, 3.05) is 0 Å². The zero-order chi connectivity index (χ0) is 34.5. The number of hydrogen-bond acceptors (Lipinski definition) is 2. The molecule has 0 N–H and O–H groups in total. The van der Waals surface area contributed by atoms with Crippen molar-refractivity contribution in [1.82, 2.24) is 14.1 Å². The first-order valence-corrected chi connectivity index (χ1v) is 17.2. The van der Waals surface area contributed by atoms with Crippen LogP contribution in [-0.2, 0) is 17.9 Å². The van der Waals surface area contributed by atoms with Crippen LogP contribution in [0.4, 0.5) is 0 Å². The number of para-hydroxylation sites is 3. The maximum Gasteiger partial charge on any atom is 0.243 e. The number of imidazole rings is 2. The summed E-state index contributed by atoms with van der Waals surface area (Å²) in [6.45, 7) is 22.6. The Morgan fingerprint density at radius 3 is 1.92 bits per heavy atom. The minimum absolute atomic E-state index is 0.0648. The summed E-state index contributed by atoms with van der Waals surface area (Å²) >= 11 is 0. The summed E-state index contributed by atoms with van der Waals surface area (Å²) in [6.07, 6.45) is 7.37. The molecule has 0 spiro atoms. The number of aromatic nitrogens is 4. The van der Waals surface area contributed by atoms with Crippen molar-refractivity contribution in [1.29, 1.82) is 0 Å². The van der Waals surface area contributed by atoms with E-state index in [0.717, 1.165) is 39.6 Å². The largest absolute Gasteiger partial charge is 0.458 e. The molecular formula is C43H50N4O. The van der Waals surface area contributed by atoms with Crippen LogP contribution in [0.1, 0.15) is 103 Å². The van der Waals surface area contributed by atoms with E-state index in [1.54, 1.807) is 0 Å². The van der Waals surface area contributed by atoms with Crippen LogP contribution in [0.25, 0.3) is 33.8 Å². The molecule has 0 aliphatic carbocycles. The number of hydrogen-bond donors (Lipinski definition) is 0. The Hall–Kier alpha value is -4.64. The number of benzene rings is 4. The van der Waals surface area contributed by atoms with Crippen LogP contribution >= 0.6 is 0 Å². The van der Waals surface area contributed by atoms with Gasteiger partial charge in [-0.25, -0.2) is 4.98 Å². The van der Waals surface area contributed by atoms with E-state index in [4.69, 9.17) is 9.72 Å². The maximum absolute atomic E-state index is 6.85. The molecule has 4 aromatic carbocycles. The average molecular weight is 639 g/mol. The number of ether oxygens (including phenoxy) is 1. The summed E-state index contributed by atoms with van der Waals surface area (Å²) in [6, 6.07) is 28.4. The molecule has 0 unspecified atom stereocenters. The van der Waals surface area contributed by atoms with Crippen molar-refractivity contribution in [3.8, 4) is 34.3 Å². The molecule has 0 aliphatic rings. The van der Waals surface area contributed by atoms with Gasteiger partial charge in [0.15, 0.2) is 0 Å². The molecule has 48 heavy (non-hydrogen) atoms. The fraction of sp³-hybridized carbons (Fsp3) is 0.349. The van der Waals surface area contributed by atoms with Gasteiger partial charge in [0.2, 0.25) is 6.33 Å². The van der Waals surface area contributed by atoms with E-state index in [9.17, 15) is 0 Å². The molecule has 2 aromatic heterocycles. The zero-order valence-corrected chi connectivity index (χ0v) is 30.5. The molecule has 0 saturated carbocycles. The Labute approximate surface area is 286 Å². The van der Waals surface area contributed by atoms with Gasteiger partial charge in [-0.15, -0.1) is 0 Å². The molecular weight excluding hydrogens is 589 g/mol. The first-order valence-electron chi connectivity index (χ1n) is 17.2. The molecule has 0 aliphatic heterocycles. The van der Waals surface area contributed by atoms with Crippen LogP contribution in [0.2, 0.25) is 0 Å². The standard InChI is InChI=1S/C43H50N4O/c1-28(2)36-15-14-16-37(29(3)4)40(36)47-39-18-13-12-17-38(39)44-41(47)30-21-31(42(5,6)7)24-34(22-30)48-35-25-32(43(8,9)10)23-33(26-35)46-20-19-45(11)27-46/h12-26,28-29H,1-11H3. The summed E-state index contributed by atoms with van der Waals surface area (Å²) in [4.78, 5) is 5.33. The monoisotopic (exact) mass is 638 g/mol. The lowest BCUT2D eigenvalue weighted by atomic mass is 9.85. The molecule has 0 radical (unpaired) electrons. The highest BCUT2D eigenvalue weighted by atomic mass is 16.5. The fourth-order valence-electron chi connectivity index (χ4n) is 6.33. The minimum Gasteiger partial charge on any atom is -0.458 e. The summed E-state index contributed by atoms with van der Waals surface area (Å²) in [5.41, 5.74) is 10.2. The van der Waals surface area contributed by atoms with Gasteiger partial charge in [-0.3, -0.25) is 4.57 Å². The summed E-state index contributed by atoms with van der Waals surface area (Å²) in [7, 11) is 1.98. The Balaban J connectivity index is 1.58. The average Bonchev–Trinajstić information content (AvgIpc) is 3.63. The van der Waals surface area contributed by atoms with Gasteiger partial charge in [-0.2, -0.15) is 0 Å². The van der Waals surface area contributed by atoms with Crippen LogP contribution < -0.4 is 9.30 Å². The molecule has 0 bridgehead atoms. The van der Waals surface area contributed by atoms with Crippen molar-refractivity contribution in [2.45, 2.75) is 91.9 Å². The van der Waals surface area contributed by atoms with Gasteiger partial charge in [-0.1, -0.05) is 106 Å². The number of aryl methyl sites for hydroxylation is 1. The van der Waals surface area contributed by atoms with Crippen LogP contribution in [0.3, 0.4) is 0 Å². The van der Waals surface area contributed by atoms with Crippen molar-refractivity contribution in [2.24, 2.45) is 7.05 Å². The van der Waals surface area contributed by atoms with Gasteiger partial charge >= 0.3 is 0 Å². The van der Waals surface area contributed by atoms with Gasteiger partial charge in [0, 0.05) is 18.0 Å². The quantitative estimate of drug-likeness (QED) is 0.129. The van der Waals surface area contributed by atoms with E-state index >= 15 is 0 Å². The van der Waals surface area contributed by atoms with Crippen LogP contribution in [0.5, 0.6) is 11.5 Å². The van der Waals surface area contributed by atoms with Crippen LogP contribution in [0.15, 0.2) is 91.3 Å². The molecule has 6 aromatic rings. The molecule has 0 amide bonds. The number of rotatable bonds is 7. The SMILES string of the molecule is CC(C)c1cccc(C(C)C)c1-n1c(-c2cc(Oc3cc(-[n+]4[c-]n(C)cc4)cc(C(C)(C)C)c3)cc(C(C)(C)C)c2)nc2ccccc21. The van der Waals surface area contributed by atoms with E-state index < -0.39 is 0 Å². The minimum atomic E-state index is -0.114. The van der Waals surface area contributed by atoms with Crippen molar-refractivity contribution in [3.63, 3.8) is 0 Å². The van der Waals surface area contributed by atoms with E-state index in [1.807, 2.05) is 28.6 Å². The van der Waals surface area contributed by atoms with Crippen molar-refractivity contribution < 1.29 is 9.30 Å². The second-order valence-corrected chi connectivity index (χ2v) is 15.8. The predicted octanol–water partition coefficient (Wildman–Crippen LogP) is 10.7. The van der Waals surface area contributed by atoms with E-state index in [1.165, 1.54) is 27.9 Å². The van der Waals surface area contributed by atoms with Gasteiger partial charge in [0.1, 0.15) is 17.3 Å². The lowest BCUT2D eigenvalue weighted by molar-refractivity contribution is -0.599. The second kappa shape index (κ2) is 12.4. The van der Waals surface area contributed by atoms with Crippen LogP contribution in [-0.4, -0.2) is 14.1 Å². The van der Waals surface area contributed by atoms with Gasteiger partial charge in [0.05, 0.1) is 29.5 Å². The summed E-state index contributed by atoms with van der Waals surface area (Å²) in [5, 5.41) is 0. The highest BCUT2D eigenvalue weighted by Crippen LogP contribution is 2.40. The predicted molar refractivity (Wildman–Crippen MR) is 198 cm³/mol. The number of nitrogens with zero attached hydrogens (tertiary/aromatic N) is 4. The van der Waals surface area contributed by atoms with Gasteiger partial charge in [0.25, 0.3) is 0 Å². The molecule has 0 saturated heterocycles. The molecule has 0 fully saturated rings.